The molecule has 2 saturated heterocycles. The molecule has 36 heavy (non-hydrogen) atoms. The number of hydrogen-bond acceptors (Lipinski definition) is 6. The fourth-order valence-electron chi connectivity index (χ4n) is 5.65. The summed E-state index contributed by atoms with van der Waals surface area (Å²) in [5.74, 6) is 0. The molecule has 6 rings (SSSR count). The Morgan fingerprint density at radius 3 is 1.06 bits per heavy atom. The predicted molar refractivity (Wildman–Crippen MR) is 161 cm³/mol. The molecule has 0 unspecified atom stereocenters. The maximum absolute atomic E-state index is 2.69. The summed E-state index contributed by atoms with van der Waals surface area (Å²) in [4.78, 5) is 5.38. The fourth-order valence-corrected chi connectivity index (χ4v) is 8.24. The summed E-state index contributed by atoms with van der Waals surface area (Å²) >= 11 is 7.22. The molecule has 0 bridgehead atoms. The van der Waals surface area contributed by atoms with Gasteiger partial charge in [-0.25, -0.2) is 0 Å². The van der Waals surface area contributed by atoms with Crippen molar-refractivity contribution in [3.05, 3.63) is 101 Å². The Morgan fingerprint density at radius 2 is 0.806 bits per heavy atom. The van der Waals surface area contributed by atoms with Crippen molar-refractivity contribution in [1.82, 2.24) is 9.80 Å². The lowest BCUT2D eigenvalue weighted by Crippen LogP contribution is -2.40. The van der Waals surface area contributed by atoms with E-state index in [1.807, 2.05) is 0 Å². The van der Waals surface area contributed by atoms with Gasteiger partial charge in [-0.2, -0.15) is 45.3 Å². The summed E-state index contributed by atoms with van der Waals surface area (Å²) in [6, 6.07) is 9.16. The molecule has 2 aliphatic heterocycles. The summed E-state index contributed by atoms with van der Waals surface area (Å²) in [6.07, 6.45) is 4.77. The van der Waals surface area contributed by atoms with Crippen LogP contribution in [0.5, 0.6) is 0 Å². The lowest BCUT2D eigenvalue weighted by molar-refractivity contribution is 0.188. The lowest BCUT2D eigenvalue weighted by Gasteiger charge is -2.34. The third-order valence-corrected chi connectivity index (χ3v) is 10.3. The molecule has 0 aliphatic carbocycles. The number of thiophene rings is 4. The van der Waals surface area contributed by atoms with E-state index < -0.39 is 0 Å². The zero-order chi connectivity index (χ0) is 24.2. The molecule has 4 aromatic rings. The summed E-state index contributed by atoms with van der Waals surface area (Å²) in [5, 5.41) is 18.1. The third-order valence-electron chi connectivity index (χ3n) is 7.60. The molecular weight excluding hydrogens is 517 g/mol. The molecule has 0 aromatic carbocycles. The zero-order valence-corrected chi connectivity index (χ0v) is 23.8. The van der Waals surface area contributed by atoms with Gasteiger partial charge in [-0.3, -0.25) is 0 Å². The molecule has 0 amide bonds. The van der Waals surface area contributed by atoms with Crippen molar-refractivity contribution in [2.24, 2.45) is 0 Å². The monoisotopic (exact) mass is 548 g/mol. The van der Waals surface area contributed by atoms with Crippen molar-refractivity contribution >= 4 is 56.5 Å². The van der Waals surface area contributed by atoms with E-state index in [-0.39, 0.29) is 0 Å². The van der Waals surface area contributed by atoms with Gasteiger partial charge >= 0.3 is 0 Å². The van der Waals surface area contributed by atoms with Gasteiger partial charge in [0, 0.05) is 39.3 Å². The Bertz CT molecular complexity index is 1080. The first-order valence-corrected chi connectivity index (χ1v) is 16.6. The molecule has 2 aliphatic rings. The van der Waals surface area contributed by atoms with Crippen molar-refractivity contribution in [1.29, 1.82) is 0 Å². The molecule has 2 fully saturated rings. The highest BCUT2D eigenvalue weighted by atomic mass is 32.1. The average molecular weight is 549 g/mol. The van der Waals surface area contributed by atoms with Crippen molar-refractivity contribution in [3.63, 3.8) is 0 Å². The normalized spacial score (nSPS) is 17.6. The molecule has 0 N–H and O–H groups in total. The minimum absolute atomic E-state index is 1.19. The van der Waals surface area contributed by atoms with Crippen LogP contribution in [0.2, 0.25) is 0 Å². The van der Waals surface area contributed by atoms with Crippen LogP contribution in [-0.2, 0) is 0 Å². The maximum atomic E-state index is 2.69. The van der Waals surface area contributed by atoms with E-state index in [4.69, 9.17) is 0 Å². The van der Waals surface area contributed by atoms with Crippen LogP contribution in [0.4, 0.5) is 0 Å². The molecule has 186 valence electrons. The lowest BCUT2D eigenvalue weighted by atomic mass is 9.90. The van der Waals surface area contributed by atoms with E-state index in [9.17, 15) is 0 Å². The largest absolute Gasteiger partial charge is 0.301 e. The van der Waals surface area contributed by atoms with Crippen LogP contribution in [0, 0.1) is 0 Å². The second kappa shape index (κ2) is 11.7. The van der Waals surface area contributed by atoms with Crippen molar-refractivity contribution in [2.45, 2.75) is 25.7 Å². The first-order valence-electron chi connectivity index (χ1n) is 12.8. The van der Waals surface area contributed by atoms with Gasteiger partial charge in [-0.1, -0.05) is 11.1 Å². The number of nitrogens with zero attached hydrogens (tertiary/aromatic N) is 2. The van der Waals surface area contributed by atoms with Crippen molar-refractivity contribution < 1.29 is 0 Å². The van der Waals surface area contributed by atoms with Gasteiger partial charge in [-0.15, -0.1) is 0 Å². The first-order chi connectivity index (χ1) is 17.8. The van der Waals surface area contributed by atoms with Crippen LogP contribution < -0.4 is 0 Å². The molecule has 2 nitrogen and oxygen atoms in total. The van der Waals surface area contributed by atoms with Gasteiger partial charge in [-0.05, 0) is 126 Å². The van der Waals surface area contributed by atoms with Gasteiger partial charge < -0.3 is 9.80 Å². The summed E-state index contributed by atoms with van der Waals surface area (Å²) in [7, 11) is 0. The fraction of sp³-hybridized carbons (Fsp3) is 0.333. The van der Waals surface area contributed by atoms with Crippen molar-refractivity contribution in [3.8, 4) is 0 Å². The minimum atomic E-state index is 1.19. The molecule has 4 aromatic heterocycles. The van der Waals surface area contributed by atoms with E-state index in [1.165, 1.54) is 98.4 Å². The van der Waals surface area contributed by atoms with E-state index >= 15 is 0 Å². The zero-order valence-electron chi connectivity index (χ0n) is 20.5. The van der Waals surface area contributed by atoms with E-state index in [1.54, 1.807) is 56.5 Å². The number of rotatable bonds is 7. The van der Waals surface area contributed by atoms with Crippen LogP contribution in [0.3, 0.4) is 0 Å². The van der Waals surface area contributed by atoms with Crippen LogP contribution in [0.25, 0.3) is 11.1 Å². The SMILES string of the molecule is c1cc(C(=C2CCN(CCN3CCC(=C(c4ccsc4)c4ccsc4)CC3)CC2)c2ccsc2)cs1. The van der Waals surface area contributed by atoms with Gasteiger partial charge in [0.1, 0.15) is 0 Å². The Hall–Kier alpha value is -1.80. The molecule has 0 saturated carbocycles. The molecule has 0 atom stereocenters. The number of hydrogen-bond donors (Lipinski definition) is 0. The average Bonchev–Trinajstić information content (AvgIpc) is 3.74. The van der Waals surface area contributed by atoms with Gasteiger partial charge in [0.2, 0.25) is 0 Å². The summed E-state index contributed by atoms with van der Waals surface area (Å²) in [5.41, 5.74) is 11.9. The molecule has 6 heteroatoms. The second-order valence-corrected chi connectivity index (χ2v) is 12.8. The van der Waals surface area contributed by atoms with E-state index in [0.29, 0.717) is 0 Å². The molecule has 6 heterocycles. The Labute approximate surface area is 230 Å². The highest BCUT2D eigenvalue weighted by molar-refractivity contribution is 7.09. The van der Waals surface area contributed by atoms with Crippen LogP contribution >= 0.6 is 45.3 Å². The number of piperidine rings is 2. The molecule has 0 spiro atoms. The van der Waals surface area contributed by atoms with Crippen LogP contribution in [0.15, 0.2) is 78.5 Å². The van der Waals surface area contributed by atoms with Gasteiger partial charge in [0.25, 0.3) is 0 Å². The first kappa shape index (κ1) is 24.5. The third kappa shape index (κ3) is 5.54. The highest BCUT2D eigenvalue weighted by Crippen LogP contribution is 2.36. The van der Waals surface area contributed by atoms with E-state index in [2.05, 4.69) is 77.1 Å². The quantitative estimate of drug-likeness (QED) is 0.229. The standard InChI is InChI=1S/C30H32N2S4/c1-9-31(10-2-23(1)29(25-5-15-33-19-25)26-6-16-34-20-26)13-14-32-11-3-24(4-12-32)30(27-7-17-35-21-27)28-8-18-36-22-28/h5-8,15-22H,1-4,9-14H2. The smallest absolute Gasteiger partial charge is 0.0110 e. The van der Waals surface area contributed by atoms with Gasteiger partial charge in [0.15, 0.2) is 0 Å². The van der Waals surface area contributed by atoms with Gasteiger partial charge in [0.05, 0.1) is 0 Å². The summed E-state index contributed by atoms with van der Waals surface area (Å²) in [6.45, 7) is 7.14. The summed E-state index contributed by atoms with van der Waals surface area (Å²) < 4.78 is 0. The minimum Gasteiger partial charge on any atom is -0.301 e. The molecule has 0 radical (unpaired) electrons. The van der Waals surface area contributed by atoms with Crippen LogP contribution in [0.1, 0.15) is 47.9 Å². The molecular formula is C30H32N2S4. The second-order valence-electron chi connectivity index (χ2n) is 9.69. The topological polar surface area (TPSA) is 6.48 Å². The maximum Gasteiger partial charge on any atom is 0.0110 e. The Morgan fingerprint density at radius 1 is 0.500 bits per heavy atom. The van der Waals surface area contributed by atoms with E-state index in [0.717, 1.165) is 0 Å². The predicted octanol–water partition coefficient (Wildman–Crippen LogP) is 8.43. The van der Waals surface area contributed by atoms with Crippen molar-refractivity contribution in [2.75, 3.05) is 39.3 Å². The number of likely N-dealkylation sites (tertiary alicyclic amines) is 2. The Kier molecular flexibility index (Phi) is 7.99. The van der Waals surface area contributed by atoms with Crippen LogP contribution in [-0.4, -0.2) is 49.1 Å². The highest BCUT2D eigenvalue weighted by Gasteiger charge is 2.22. The Balaban J connectivity index is 1.05.